The number of hydrogen-bond acceptors (Lipinski definition) is 2. The van der Waals surface area contributed by atoms with Crippen LogP contribution in [0.4, 0.5) is 34.1 Å². The quantitative estimate of drug-likeness (QED) is 0.120. The van der Waals surface area contributed by atoms with Crippen molar-refractivity contribution in [1.29, 1.82) is 0 Å². The fourth-order valence-corrected chi connectivity index (χ4v) is 18.8. The summed E-state index contributed by atoms with van der Waals surface area (Å²) in [6, 6.07) is 97.4. The van der Waals surface area contributed by atoms with E-state index in [2.05, 4.69) is 277 Å². The van der Waals surface area contributed by atoms with E-state index in [0.29, 0.717) is 0 Å². The molecule has 290 valence electrons. The summed E-state index contributed by atoms with van der Waals surface area (Å²) in [7, 11) is 0. The van der Waals surface area contributed by atoms with Crippen molar-refractivity contribution in [3.8, 4) is 11.1 Å². The zero-order valence-corrected chi connectivity index (χ0v) is 35.9. The van der Waals surface area contributed by atoms with Gasteiger partial charge in [-0.3, -0.25) is 0 Å². The molecular formula is C58H44GeN2. The van der Waals surface area contributed by atoms with E-state index in [-0.39, 0.29) is 0 Å². The summed E-state index contributed by atoms with van der Waals surface area (Å²) in [4.78, 5) is 4.66. The van der Waals surface area contributed by atoms with Gasteiger partial charge in [0.2, 0.25) is 0 Å². The minimum absolute atomic E-state index is 1.09. The molecule has 0 atom stereocenters. The van der Waals surface area contributed by atoms with E-state index in [9.17, 15) is 0 Å². The molecule has 0 bridgehead atoms. The van der Waals surface area contributed by atoms with Crippen LogP contribution in [0.3, 0.4) is 0 Å². The standard InChI is InChI=1S/C58H44GeN2/c1-6-20-49(21-7-1)59(50-22-8-2-9-23-50,51-24-10-3-11-25-51)52-35-30-46(31-36-52)47-32-37-55(38-33-47)61(58-39-34-45-18-16-17-19-48(45)44-58)57-42-40-56(41-43-57)60(53-26-12-4-13-27-53)54-28-14-5-15-29-54/h1-44H. The van der Waals surface area contributed by atoms with Crippen LogP contribution in [0, 0.1) is 0 Å². The maximum absolute atomic E-state index is 3.34. The van der Waals surface area contributed by atoms with Crippen LogP contribution in [0.25, 0.3) is 21.9 Å². The first-order valence-corrected chi connectivity index (χ1v) is 25.1. The summed E-state index contributed by atoms with van der Waals surface area (Å²) in [6.07, 6.45) is 0. The molecule has 3 heteroatoms. The summed E-state index contributed by atoms with van der Waals surface area (Å²) in [6.45, 7) is 0. The average Bonchev–Trinajstić information content (AvgIpc) is 3.35. The Kier molecular flexibility index (Phi) is 10.6. The van der Waals surface area contributed by atoms with Gasteiger partial charge in [-0.2, -0.15) is 0 Å². The van der Waals surface area contributed by atoms with E-state index < -0.39 is 13.3 Å². The van der Waals surface area contributed by atoms with Gasteiger partial charge in [-0.05, 0) is 29.7 Å². The van der Waals surface area contributed by atoms with Gasteiger partial charge >= 0.3 is 251 Å². The third-order valence-electron chi connectivity index (χ3n) is 11.8. The summed E-state index contributed by atoms with van der Waals surface area (Å²) in [5.41, 5.74) is 9.00. The first-order chi connectivity index (χ1) is 30.3. The number of rotatable bonds is 11. The minimum Gasteiger partial charge on any atom is -0.0602 e. The number of benzene rings is 10. The van der Waals surface area contributed by atoms with Crippen LogP contribution in [-0.4, -0.2) is 13.3 Å². The van der Waals surface area contributed by atoms with E-state index in [4.69, 9.17) is 0 Å². The predicted molar refractivity (Wildman–Crippen MR) is 262 cm³/mol. The molecule has 0 saturated carbocycles. The Morgan fingerprint density at radius 3 is 0.951 bits per heavy atom. The maximum atomic E-state index is 2.40. The van der Waals surface area contributed by atoms with Crippen molar-refractivity contribution in [2.24, 2.45) is 0 Å². The van der Waals surface area contributed by atoms with Crippen molar-refractivity contribution in [1.82, 2.24) is 0 Å². The van der Waals surface area contributed by atoms with Crippen LogP contribution in [0.15, 0.2) is 267 Å². The Morgan fingerprint density at radius 2 is 0.508 bits per heavy atom. The van der Waals surface area contributed by atoms with Gasteiger partial charge in [-0.1, -0.05) is 60.7 Å². The number of fused-ring (bicyclic) bond motifs is 1. The zero-order valence-electron chi connectivity index (χ0n) is 33.8. The molecule has 0 unspecified atom stereocenters. The summed E-state index contributed by atoms with van der Waals surface area (Å²) >= 11 is -3.34. The van der Waals surface area contributed by atoms with E-state index >= 15 is 0 Å². The predicted octanol–water partition coefficient (Wildman–Crippen LogP) is 12.8. The van der Waals surface area contributed by atoms with Crippen LogP contribution in [0.2, 0.25) is 0 Å². The SMILES string of the molecule is c1ccc(N(c2ccccc2)c2ccc(N(c3ccc(-c4cc[c]([Ge]([c]5ccccc5)([c]5ccccc5)[c]5ccccc5)cc4)cc3)c3ccc4ccccc4c3)cc2)cc1. The van der Waals surface area contributed by atoms with Crippen molar-refractivity contribution in [3.05, 3.63) is 267 Å². The molecule has 0 amide bonds. The second-order valence-corrected chi connectivity index (χ2v) is 23.4. The average molecular weight is 842 g/mol. The van der Waals surface area contributed by atoms with Gasteiger partial charge in [0.15, 0.2) is 0 Å². The Bertz CT molecular complexity index is 2840. The molecule has 0 radical (unpaired) electrons. The third-order valence-corrected chi connectivity index (χ3v) is 21.8. The normalized spacial score (nSPS) is 11.3. The summed E-state index contributed by atoms with van der Waals surface area (Å²) in [5, 5.41) is 2.43. The second kappa shape index (κ2) is 17.1. The van der Waals surface area contributed by atoms with Gasteiger partial charge in [0.1, 0.15) is 0 Å². The van der Waals surface area contributed by atoms with E-state index in [0.717, 1.165) is 34.1 Å². The van der Waals surface area contributed by atoms with Crippen LogP contribution >= 0.6 is 0 Å². The van der Waals surface area contributed by atoms with Gasteiger partial charge in [-0.25, -0.2) is 0 Å². The third kappa shape index (κ3) is 7.43. The van der Waals surface area contributed by atoms with Gasteiger partial charge in [0.05, 0.1) is 0 Å². The van der Waals surface area contributed by atoms with E-state index in [1.165, 1.54) is 39.5 Å². The fraction of sp³-hybridized carbons (Fsp3) is 0. The molecular weight excluding hydrogens is 797 g/mol. The first-order valence-electron chi connectivity index (χ1n) is 20.9. The summed E-state index contributed by atoms with van der Waals surface area (Å²) < 4.78 is 5.68. The van der Waals surface area contributed by atoms with Crippen molar-refractivity contribution < 1.29 is 0 Å². The van der Waals surface area contributed by atoms with Crippen LogP contribution < -0.4 is 27.4 Å². The summed E-state index contributed by atoms with van der Waals surface area (Å²) in [5.74, 6) is 0. The molecule has 0 spiro atoms. The molecule has 0 aliphatic heterocycles. The molecule has 10 aromatic carbocycles. The molecule has 0 aliphatic rings. The van der Waals surface area contributed by atoms with Gasteiger partial charge in [-0.15, -0.1) is 0 Å². The Labute approximate surface area is 361 Å². The molecule has 0 heterocycles. The van der Waals surface area contributed by atoms with Gasteiger partial charge < -0.3 is 4.90 Å². The monoisotopic (exact) mass is 842 g/mol. The molecule has 0 aliphatic carbocycles. The number of nitrogens with zero attached hydrogens (tertiary/aromatic N) is 2. The van der Waals surface area contributed by atoms with E-state index in [1.807, 2.05) is 0 Å². The topological polar surface area (TPSA) is 6.48 Å². The zero-order chi connectivity index (χ0) is 40.9. The van der Waals surface area contributed by atoms with Crippen molar-refractivity contribution in [2.45, 2.75) is 0 Å². The molecule has 0 saturated heterocycles. The number of anilines is 6. The van der Waals surface area contributed by atoms with E-state index in [1.54, 1.807) is 0 Å². The van der Waals surface area contributed by atoms with Crippen molar-refractivity contribution >= 4 is 75.7 Å². The molecule has 10 aromatic rings. The van der Waals surface area contributed by atoms with Gasteiger partial charge in [0, 0.05) is 17.1 Å². The smallest absolute Gasteiger partial charge is 0.0602 e. The van der Waals surface area contributed by atoms with Crippen molar-refractivity contribution in [2.75, 3.05) is 9.80 Å². The Morgan fingerprint density at radius 1 is 0.213 bits per heavy atom. The van der Waals surface area contributed by atoms with Gasteiger partial charge in [0.25, 0.3) is 0 Å². The molecule has 10 rings (SSSR count). The number of para-hydroxylation sites is 2. The van der Waals surface area contributed by atoms with Crippen molar-refractivity contribution in [3.63, 3.8) is 0 Å². The van der Waals surface area contributed by atoms with Crippen LogP contribution in [0.5, 0.6) is 0 Å². The number of hydrogen-bond donors (Lipinski definition) is 0. The molecule has 2 nitrogen and oxygen atoms in total. The molecule has 0 aromatic heterocycles. The second-order valence-electron chi connectivity index (χ2n) is 15.4. The van der Waals surface area contributed by atoms with Crippen LogP contribution in [0.1, 0.15) is 0 Å². The fourth-order valence-electron chi connectivity index (χ4n) is 8.90. The molecule has 0 N–H and O–H groups in total. The first kappa shape index (κ1) is 37.8. The Hall–Kier alpha value is -7.40. The van der Waals surface area contributed by atoms with Crippen LogP contribution in [-0.2, 0) is 0 Å². The minimum atomic E-state index is -3.34. The molecule has 0 fully saturated rings. The Balaban J connectivity index is 1.03. The molecule has 61 heavy (non-hydrogen) atoms.